The van der Waals surface area contributed by atoms with Crippen molar-refractivity contribution in [2.75, 3.05) is 19.3 Å². The highest BCUT2D eigenvalue weighted by Gasteiger charge is 2.30. The summed E-state index contributed by atoms with van der Waals surface area (Å²) in [5.41, 5.74) is 0. The highest BCUT2D eigenvalue weighted by atomic mass is 32.2. The average molecular weight is 292 g/mol. The number of amides is 1. The van der Waals surface area contributed by atoms with Crippen LogP contribution in [0, 0.1) is 5.92 Å². The van der Waals surface area contributed by atoms with E-state index < -0.39 is 22.2 Å². The number of nitrogens with one attached hydrogen (secondary N) is 1. The molecule has 0 saturated carbocycles. The number of hydrogen-bond donors (Lipinski definition) is 2. The number of aliphatic hydroxyl groups excluding tert-OH is 1. The smallest absolute Gasteiger partial charge is 0.240 e. The van der Waals surface area contributed by atoms with E-state index in [1.165, 1.54) is 0 Å². The Labute approximate surface area is 115 Å². The molecule has 2 atom stereocenters. The number of likely N-dealkylation sites (tertiary alicyclic amines) is 1. The van der Waals surface area contributed by atoms with E-state index in [0.29, 0.717) is 25.9 Å². The van der Waals surface area contributed by atoms with Gasteiger partial charge in [-0.2, -0.15) is 0 Å². The van der Waals surface area contributed by atoms with Gasteiger partial charge in [0.1, 0.15) is 6.04 Å². The summed E-state index contributed by atoms with van der Waals surface area (Å²) in [6.45, 7) is 4.75. The van der Waals surface area contributed by atoms with Crippen LogP contribution in [-0.2, 0) is 14.8 Å². The fourth-order valence-corrected chi connectivity index (χ4v) is 3.02. The van der Waals surface area contributed by atoms with Gasteiger partial charge in [-0.05, 0) is 25.2 Å². The minimum Gasteiger partial charge on any atom is -0.391 e. The van der Waals surface area contributed by atoms with Gasteiger partial charge in [0.25, 0.3) is 0 Å². The summed E-state index contributed by atoms with van der Waals surface area (Å²) >= 11 is 0. The van der Waals surface area contributed by atoms with E-state index in [4.69, 9.17) is 0 Å². The summed E-state index contributed by atoms with van der Waals surface area (Å²) in [6.07, 6.45) is 2.45. The molecule has 112 valence electrons. The fraction of sp³-hybridized carbons (Fsp3) is 0.917. The van der Waals surface area contributed by atoms with E-state index in [-0.39, 0.29) is 11.8 Å². The Hall–Kier alpha value is -0.660. The van der Waals surface area contributed by atoms with Crippen molar-refractivity contribution < 1.29 is 18.3 Å². The zero-order chi connectivity index (χ0) is 14.6. The van der Waals surface area contributed by atoms with Crippen LogP contribution in [0.1, 0.15) is 33.1 Å². The molecule has 2 N–H and O–H groups in total. The predicted octanol–water partition coefficient (Wildman–Crippen LogP) is -0.0664. The van der Waals surface area contributed by atoms with E-state index in [9.17, 15) is 18.3 Å². The number of aliphatic hydroxyl groups is 1. The van der Waals surface area contributed by atoms with E-state index in [1.807, 2.05) is 13.8 Å². The molecule has 1 aliphatic rings. The molecule has 1 aliphatic heterocycles. The Bertz CT molecular complexity index is 408. The van der Waals surface area contributed by atoms with Gasteiger partial charge in [0.15, 0.2) is 0 Å². The normalized spacial score (nSPS) is 22.6. The summed E-state index contributed by atoms with van der Waals surface area (Å²) in [5.74, 6) is -0.0317. The molecule has 1 rings (SSSR count). The molecular weight excluding hydrogens is 268 g/mol. The first-order valence-electron chi connectivity index (χ1n) is 6.63. The molecule has 19 heavy (non-hydrogen) atoms. The minimum absolute atomic E-state index is 0.206. The Morgan fingerprint density at radius 2 is 2.11 bits per heavy atom. The predicted molar refractivity (Wildman–Crippen MR) is 73.0 cm³/mol. The monoisotopic (exact) mass is 292 g/mol. The summed E-state index contributed by atoms with van der Waals surface area (Å²) < 4.78 is 25.1. The number of rotatable bonds is 5. The maximum atomic E-state index is 12.3. The molecule has 0 bridgehead atoms. The number of nitrogens with zero attached hydrogens (tertiary/aromatic N) is 1. The van der Waals surface area contributed by atoms with E-state index in [2.05, 4.69) is 4.72 Å². The minimum atomic E-state index is -3.43. The SMILES string of the molecule is CC(C)CC(NS(C)(=O)=O)C(=O)N1CCCC(O)C1. The quantitative estimate of drug-likeness (QED) is 0.743. The van der Waals surface area contributed by atoms with Gasteiger partial charge in [-0.3, -0.25) is 4.79 Å². The van der Waals surface area contributed by atoms with Crippen LogP contribution in [0.5, 0.6) is 0 Å². The van der Waals surface area contributed by atoms with Crippen LogP contribution in [0.2, 0.25) is 0 Å². The second kappa shape index (κ2) is 6.67. The highest BCUT2D eigenvalue weighted by molar-refractivity contribution is 7.88. The van der Waals surface area contributed by atoms with Crippen LogP contribution in [0.15, 0.2) is 0 Å². The van der Waals surface area contributed by atoms with Crippen molar-refractivity contribution in [2.45, 2.75) is 45.3 Å². The molecular formula is C12H24N2O4S. The molecule has 7 heteroatoms. The van der Waals surface area contributed by atoms with Gasteiger partial charge in [-0.1, -0.05) is 13.8 Å². The summed E-state index contributed by atoms with van der Waals surface area (Å²) in [4.78, 5) is 13.9. The Morgan fingerprint density at radius 1 is 1.47 bits per heavy atom. The zero-order valence-electron chi connectivity index (χ0n) is 11.8. The summed E-state index contributed by atoms with van der Waals surface area (Å²) in [5, 5.41) is 9.59. The molecule has 6 nitrogen and oxygen atoms in total. The topological polar surface area (TPSA) is 86.7 Å². The fourth-order valence-electron chi connectivity index (χ4n) is 2.30. The number of sulfonamides is 1. The third-order valence-electron chi connectivity index (χ3n) is 3.07. The molecule has 0 radical (unpaired) electrons. The number of hydrogen-bond acceptors (Lipinski definition) is 4. The molecule has 1 fully saturated rings. The zero-order valence-corrected chi connectivity index (χ0v) is 12.6. The van der Waals surface area contributed by atoms with Crippen LogP contribution in [0.3, 0.4) is 0 Å². The van der Waals surface area contributed by atoms with Crippen molar-refractivity contribution in [2.24, 2.45) is 5.92 Å². The van der Waals surface area contributed by atoms with E-state index >= 15 is 0 Å². The van der Waals surface area contributed by atoms with Crippen molar-refractivity contribution >= 4 is 15.9 Å². The third-order valence-corrected chi connectivity index (χ3v) is 3.78. The van der Waals surface area contributed by atoms with Gasteiger partial charge in [0.05, 0.1) is 12.4 Å². The van der Waals surface area contributed by atoms with Gasteiger partial charge in [0, 0.05) is 13.1 Å². The van der Waals surface area contributed by atoms with Gasteiger partial charge < -0.3 is 10.0 Å². The molecule has 1 amide bonds. The summed E-state index contributed by atoms with van der Waals surface area (Å²) in [6, 6.07) is -0.736. The molecule has 0 aliphatic carbocycles. The van der Waals surface area contributed by atoms with Gasteiger partial charge in [0.2, 0.25) is 15.9 Å². The first kappa shape index (κ1) is 16.4. The van der Waals surface area contributed by atoms with Crippen LogP contribution in [0.25, 0.3) is 0 Å². The average Bonchev–Trinajstić information content (AvgIpc) is 2.24. The van der Waals surface area contributed by atoms with Gasteiger partial charge in [-0.15, -0.1) is 0 Å². The second-order valence-electron chi connectivity index (χ2n) is 5.65. The van der Waals surface area contributed by atoms with Crippen molar-refractivity contribution in [3.8, 4) is 0 Å². The largest absolute Gasteiger partial charge is 0.391 e. The number of carbonyl (C=O) groups excluding carboxylic acids is 1. The van der Waals surface area contributed by atoms with Crippen molar-refractivity contribution in [1.82, 2.24) is 9.62 Å². The first-order valence-corrected chi connectivity index (χ1v) is 8.52. The second-order valence-corrected chi connectivity index (χ2v) is 7.43. The lowest BCUT2D eigenvalue weighted by atomic mass is 10.0. The summed E-state index contributed by atoms with van der Waals surface area (Å²) in [7, 11) is -3.43. The molecule has 1 saturated heterocycles. The molecule has 2 unspecified atom stereocenters. The van der Waals surface area contributed by atoms with E-state index in [1.54, 1.807) is 4.90 Å². The molecule has 0 spiro atoms. The van der Waals surface area contributed by atoms with Crippen LogP contribution in [-0.4, -0.2) is 55.8 Å². The lowest BCUT2D eigenvalue weighted by Crippen LogP contribution is -2.52. The standard InChI is InChI=1S/C12H24N2O4S/c1-9(2)7-11(13-19(3,17)18)12(16)14-6-4-5-10(15)8-14/h9-11,13,15H,4-8H2,1-3H3. The molecule has 1 heterocycles. The maximum absolute atomic E-state index is 12.3. The number of carbonyl (C=O) groups is 1. The van der Waals surface area contributed by atoms with Crippen molar-refractivity contribution in [3.05, 3.63) is 0 Å². The van der Waals surface area contributed by atoms with Crippen LogP contribution < -0.4 is 4.72 Å². The first-order chi connectivity index (χ1) is 8.69. The van der Waals surface area contributed by atoms with Gasteiger partial charge in [-0.25, -0.2) is 13.1 Å². The maximum Gasteiger partial charge on any atom is 0.240 e. The molecule has 0 aromatic rings. The molecule has 0 aromatic heterocycles. The lowest BCUT2D eigenvalue weighted by Gasteiger charge is -2.33. The molecule has 0 aromatic carbocycles. The van der Waals surface area contributed by atoms with Crippen molar-refractivity contribution in [3.63, 3.8) is 0 Å². The number of piperidine rings is 1. The Balaban J connectivity index is 2.75. The van der Waals surface area contributed by atoms with Crippen molar-refractivity contribution in [1.29, 1.82) is 0 Å². The number of β-amino-alcohol motifs (C(OH)–C–C–N with tert-alkyl or cyclic N) is 1. The van der Waals surface area contributed by atoms with Gasteiger partial charge >= 0.3 is 0 Å². The Morgan fingerprint density at radius 3 is 2.58 bits per heavy atom. The van der Waals surface area contributed by atoms with E-state index in [0.717, 1.165) is 12.7 Å². The lowest BCUT2D eigenvalue weighted by molar-refractivity contribution is -0.136. The van der Waals surface area contributed by atoms with Crippen LogP contribution >= 0.6 is 0 Å². The third kappa shape index (κ3) is 5.88. The Kier molecular flexibility index (Phi) is 5.76. The highest BCUT2D eigenvalue weighted by Crippen LogP contribution is 2.14. The van der Waals surface area contributed by atoms with Crippen LogP contribution in [0.4, 0.5) is 0 Å².